The summed E-state index contributed by atoms with van der Waals surface area (Å²) >= 11 is 0. The lowest BCUT2D eigenvalue weighted by molar-refractivity contribution is -0.146. The molecule has 2 aliphatic rings. The predicted molar refractivity (Wildman–Crippen MR) is 107 cm³/mol. The highest BCUT2D eigenvalue weighted by Gasteiger charge is 2.42. The Labute approximate surface area is 171 Å². The van der Waals surface area contributed by atoms with Crippen LogP contribution in [0.3, 0.4) is 0 Å². The number of aliphatic hydroxyl groups is 1. The maximum absolute atomic E-state index is 13.2. The first-order valence-corrected chi connectivity index (χ1v) is 10.8. The minimum atomic E-state index is -4.29. The average Bonchev–Trinajstić information content (AvgIpc) is 3.55. The molecule has 0 radical (unpaired) electrons. The van der Waals surface area contributed by atoms with Crippen molar-refractivity contribution in [2.75, 3.05) is 0 Å². The molecule has 2 fully saturated rings. The molecular formula is C23H32F3NO2. The molecule has 3 atom stereocenters. The van der Waals surface area contributed by atoms with Gasteiger partial charge < -0.3 is 10.0 Å². The summed E-state index contributed by atoms with van der Waals surface area (Å²) in [5, 5.41) is 10.6. The maximum atomic E-state index is 13.2. The van der Waals surface area contributed by atoms with Crippen LogP contribution in [0.25, 0.3) is 0 Å². The zero-order valence-electron chi connectivity index (χ0n) is 17.5. The zero-order chi connectivity index (χ0) is 21.4. The van der Waals surface area contributed by atoms with E-state index in [2.05, 4.69) is 0 Å². The fourth-order valence-electron chi connectivity index (χ4n) is 4.14. The summed E-state index contributed by atoms with van der Waals surface area (Å²) in [6.07, 6.45) is 1.97. The molecule has 0 bridgehead atoms. The molecule has 0 saturated heterocycles. The summed E-state index contributed by atoms with van der Waals surface area (Å²) in [4.78, 5) is 15.1. The number of alkyl halides is 3. The molecule has 1 aromatic rings. The van der Waals surface area contributed by atoms with E-state index < -0.39 is 17.7 Å². The van der Waals surface area contributed by atoms with Gasteiger partial charge >= 0.3 is 6.18 Å². The standard InChI is InChI=1S/C23H32F3NO2/c1-4-19(13-14-22(3,29)18-9-10-18)27(20-11-12-20)21(28)17-7-5-16(6-8-17)15(2)23(24,25)26/h5-8,15,18-20,29H,4,9-14H2,1-3H3/t15?,19?,22-/m1/s1. The Morgan fingerprint density at radius 3 is 2.21 bits per heavy atom. The van der Waals surface area contributed by atoms with Crippen LogP contribution in [-0.2, 0) is 0 Å². The monoisotopic (exact) mass is 411 g/mol. The van der Waals surface area contributed by atoms with Gasteiger partial charge in [-0.15, -0.1) is 0 Å². The van der Waals surface area contributed by atoms with Crippen molar-refractivity contribution in [3.63, 3.8) is 0 Å². The number of carbonyl (C=O) groups excluding carboxylic acids is 1. The van der Waals surface area contributed by atoms with Crippen LogP contribution < -0.4 is 0 Å². The highest BCUT2D eigenvalue weighted by atomic mass is 19.4. The van der Waals surface area contributed by atoms with E-state index in [1.54, 1.807) is 0 Å². The Kier molecular flexibility index (Phi) is 6.32. The number of benzene rings is 1. The van der Waals surface area contributed by atoms with E-state index in [9.17, 15) is 23.1 Å². The molecule has 162 valence electrons. The topological polar surface area (TPSA) is 40.5 Å². The lowest BCUT2D eigenvalue weighted by Gasteiger charge is -2.34. The van der Waals surface area contributed by atoms with Gasteiger partial charge in [-0.05, 0) is 82.4 Å². The van der Waals surface area contributed by atoms with Crippen LogP contribution in [0.2, 0.25) is 0 Å². The number of hydrogen-bond donors (Lipinski definition) is 1. The van der Waals surface area contributed by atoms with Gasteiger partial charge in [-0.3, -0.25) is 4.79 Å². The number of amides is 1. The van der Waals surface area contributed by atoms with Crippen LogP contribution in [0.5, 0.6) is 0 Å². The summed E-state index contributed by atoms with van der Waals surface area (Å²) in [5.74, 6) is -1.30. The van der Waals surface area contributed by atoms with Crippen molar-refractivity contribution in [2.45, 2.75) is 95.5 Å². The molecule has 2 saturated carbocycles. The number of nitrogens with zero attached hydrogens (tertiary/aromatic N) is 1. The number of hydrogen-bond acceptors (Lipinski definition) is 2. The molecule has 3 nitrogen and oxygen atoms in total. The van der Waals surface area contributed by atoms with Gasteiger partial charge in [-0.2, -0.15) is 13.2 Å². The summed E-state index contributed by atoms with van der Waals surface area (Å²) in [7, 11) is 0. The fraction of sp³-hybridized carbons (Fsp3) is 0.696. The lowest BCUT2D eigenvalue weighted by atomic mass is 9.91. The third kappa shape index (κ3) is 5.33. The highest BCUT2D eigenvalue weighted by molar-refractivity contribution is 5.95. The van der Waals surface area contributed by atoms with Gasteiger partial charge in [-0.1, -0.05) is 19.1 Å². The molecule has 0 aliphatic heterocycles. The van der Waals surface area contributed by atoms with Gasteiger partial charge in [-0.25, -0.2) is 0 Å². The summed E-state index contributed by atoms with van der Waals surface area (Å²) in [6.45, 7) is 5.07. The third-order valence-corrected chi connectivity index (χ3v) is 6.63. The molecule has 29 heavy (non-hydrogen) atoms. The second-order valence-electron chi connectivity index (χ2n) is 9.06. The molecule has 1 aromatic carbocycles. The van der Waals surface area contributed by atoms with Crippen LogP contribution in [0.4, 0.5) is 13.2 Å². The Hall–Kier alpha value is -1.56. The van der Waals surface area contributed by atoms with E-state index in [4.69, 9.17) is 0 Å². The van der Waals surface area contributed by atoms with Crippen LogP contribution >= 0.6 is 0 Å². The summed E-state index contributed by atoms with van der Waals surface area (Å²) in [5.41, 5.74) is -0.0804. The van der Waals surface area contributed by atoms with Gasteiger partial charge in [0.1, 0.15) is 0 Å². The molecule has 1 N–H and O–H groups in total. The Balaban J connectivity index is 1.71. The van der Waals surface area contributed by atoms with Crippen molar-refractivity contribution < 1.29 is 23.1 Å². The van der Waals surface area contributed by atoms with Crippen LogP contribution in [-0.4, -0.2) is 39.8 Å². The number of rotatable bonds is 9. The highest BCUT2D eigenvalue weighted by Crippen LogP contribution is 2.43. The first kappa shape index (κ1) is 22.1. The second-order valence-corrected chi connectivity index (χ2v) is 9.06. The summed E-state index contributed by atoms with van der Waals surface area (Å²) in [6, 6.07) is 6.09. The molecule has 3 rings (SSSR count). The van der Waals surface area contributed by atoms with Gasteiger partial charge in [0.2, 0.25) is 0 Å². The Morgan fingerprint density at radius 2 is 1.76 bits per heavy atom. The van der Waals surface area contributed by atoms with E-state index in [1.807, 2.05) is 18.7 Å². The van der Waals surface area contributed by atoms with Crippen molar-refractivity contribution >= 4 is 5.91 Å². The van der Waals surface area contributed by atoms with Crippen LogP contribution in [0.15, 0.2) is 24.3 Å². The largest absolute Gasteiger partial charge is 0.395 e. The molecule has 0 heterocycles. The van der Waals surface area contributed by atoms with E-state index in [0.717, 1.165) is 45.4 Å². The Bertz CT molecular complexity index is 706. The first-order chi connectivity index (χ1) is 13.5. The van der Waals surface area contributed by atoms with Gasteiger partial charge in [0.25, 0.3) is 5.91 Å². The van der Waals surface area contributed by atoms with E-state index in [1.165, 1.54) is 24.3 Å². The maximum Gasteiger partial charge on any atom is 0.395 e. The van der Waals surface area contributed by atoms with E-state index in [0.29, 0.717) is 17.9 Å². The van der Waals surface area contributed by atoms with Crippen molar-refractivity contribution in [3.05, 3.63) is 35.4 Å². The number of halogens is 3. The molecular weight excluding hydrogens is 379 g/mol. The minimum absolute atomic E-state index is 0.0361. The minimum Gasteiger partial charge on any atom is -0.390 e. The van der Waals surface area contributed by atoms with Crippen molar-refractivity contribution in [1.82, 2.24) is 4.90 Å². The fourth-order valence-corrected chi connectivity index (χ4v) is 4.14. The second kappa shape index (κ2) is 8.29. The third-order valence-electron chi connectivity index (χ3n) is 6.63. The van der Waals surface area contributed by atoms with E-state index in [-0.39, 0.29) is 23.6 Å². The van der Waals surface area contributed by atoms with Crippen LogP contribution in [0.1, 0.15) is 87.6 Å². The smallest absolute Gasteiger partial charge is 0.390 e. The molecule has 0 spiro atoms. The van der Waals surface area contributed by atoms with Gasteiger partial charge in [0.15, 0.2) is 0 Å². The van der Waals surface area contributed by atoms with Gasteiger partial charge in [0, 0.05) is 17.6 Å². The molecule has 1 amide bonds. The zero-order valence-corrected chi connectivity index (χ0v) is 17.5. The predicted octanol–water partition coefficient (Wildman–Crippen LogP) is 5.68. The van der Waals surface area contributed by atoms with Crippen LogP contribution in [0, 0.1) is 5.92 Å². The van der Waals surface area contributed by atoms with Gasteiger partial charge in [0.05, 0.1) is 11.5 Å². The number of carbonyl (C=O) groups is 1. The van der Waals surface area contributed by atoms with Crippen molar-refractivity contribution in [3.8, 4) is 0 Å². The van der Waals surface area contributed by atoms with E-state index >= 15 is 0 Å². The Morgan fingerprint density at radius 1 is 1.17 bits per heavy atom. The molecule has 0 aromatic heterocycles. The SMILES string of the molecule is CCC(CC[C@@](C)(O)C1CC1)N(C(=O)c1ccc(C(C)C(F)(F)F)cc1)C1CC1. The normalized spacial score (nSPS) is 21.3. The van der Waals surface area contributed by atoms with Crippen molar-refractivity contribution in [2.24, 2.45) is 5.92 Å². The molecule has 6 heteroatoms. The lowest BCUT2D eigenvalue weighted by Crippen LogP contribution is -2.43. The average molecular weight is 412 g/mol. The summed E-state index contributed by atoms with van der Waals surface area (Å²) < 4.78 is 38.8. The molecule has 2 aliphatic carbocycles. The van der Waals surface area contributed by atoms with Crippen molar-refractivity contribution in [1.29, 1.82) is 0 Å². The molecule has 2 unspecified atom stereocenters. The quantitative estimate of drug-likeness (QED) is 0.568. The first-order valence-electron chi connectivity index (χ1n) is 10.8.